The summed E-state index contributed by atoms with van der Waals surface area (Å²) in [5.41, 5.74) is 1.15. The van der Waals surface area contributed by atoms with Gasteiger partial charge in [0.2, 0.25) is 0 Å². The van der Waals surface area contributed by atoms with Gasteiger partial charge >= 0.3 is 5.95 Å². The molecule has 1 heterocycles. The monoisotopic (exact) mass is 216 g/mol. The van der Waals surface area contributed by atoms with Gasteiger partial charge in [0.25, 0.3) is 0 Å². The van der Waals surface area contributed by atoms with Gasteiger partial charge in [-0.25, -0.2) is 0 Å². The zero-order valence-corrected chi connectivity index (χ0v) is 8.89. The van der Waals surface area contributed by atoms with Crippen LogP contribution in [-0.2, 0) is 19.0 Å². The van der Waals surface area contributed by atoms with Crippen LogP contribution in [0.1, 0.15) is 5.56 Å². The minimum absolute atomic E-state index is 0.566. The molecule has 2 rings (SSSR count). The lowest BCUT2D eigenvalue weighted by atomic mass is 10.2. The van der Waals surface area contributed by atoms with E-state index in [-0.39, 0.29) is 0 Å². The van der Waals surface area contributed by atoms with Crippen LogP contribution in [0.15, 0.2) is 48.8 Å². The Hall–Kier alpha value is -1.68. The van der Waals surface area contributed by atoms with E-state index in [0.717, 1.165) is 5.56 Å². The quantitative estimate of drug-likeness (QED) is 0.735. The number of aromatic nitrogens is 2. The third-order valence-electron chi connectivity index (χ3n) is 1.94. The van der Waals surface area contributed by atoms with Gasteiger partial charge in [-0.2, -0.15) is 3.95 Å². The molecule has 0 radical (unpaired) electrons. The SMILES string of the molecule is S=[N+](Cc1ccccc1)c1ncccn1. The third kappa shape index (κ3) is 2.63. The van der Waals surface area contributed by atoms with E-state index in [0.29, 0.717) is 12.5 Å². The molecular weight excluding hydrogens is 206 g/mol. The lowest BCUT2D eigenvalue weighted by molar-refractivity contribution is -0.434. The zero-order chi connectivity index (χ0) is 10.5. The van der Waals surface area contributed by atoms with Gasteiger partial charge in [-0.15, -0.1) is 0 Å². The maximum absolute atomic E-state index is 5.19. The Labute approximate surface area is 93.6 Å². The number of hydrogen-bond donors (Lipinski definition) is 0. The molecule has 0 aliphatic rings. The van der Waals surface area contributed by atoms with Crippen LogP contribution < -0.4 is 0 Å². The maximum Gasteiger partial charge on any atom is 0.444 e. The largest absolute Gasteiger partial charge is 0.444 e. The average Bonchev–Trinajstić information content (AvgIpc) is 2.31. The second-order valence-electron chi connectivity index (χ2n) is 3.07. The molecule has 3 nitrogen and oxygen atoms in total. The molecule has 2 aromatic rings. The van der Waals surface area contributed by atoms with Gasteiger partial charge in [-0.1, -0.05) is 40.3 Å². The van der Waals surface area contributed by atoms with Crippen molar-refractivity contribution in [2.75, 3.05) is 0 Å². The second kappa shape index (κ2) is 4.70. The first-order valence-corrected chi connectivity index (χ1v) is 4.98. The van der Waals surface area contributed by atoms with Crippen LogP contribution in [0.3, 0.4) is 0 Å². The van der Waals surface area contributed by atoms with Crippen LogP contribution in [0.25, 0.3) is 0 Å². The normalized spacial score (nSPS) is 9.87. The smallest absolute Gasteiger partial charge is 0.160 e. The topological polar surface area (TPSA) is 28.8 Å². The van der Waals surface area contributed by atoms with Crippen LogP contribution in [0.5, 0.6) is 0 Å². The highest BCUT2D eigenvalue weighted by molar-refractivity contribution is 7.44. The van der Waals surface area contributed by atoms with E-state index in [2.05, 4.69) is 9.97 Å². The molecule has 4 heteroatoms. The average molecular weight is 216 g/mol. The highest BCUT2D eigenvalue weighted by atomic mass is 32.1. The molecule has 15 heavy (non-hydrogen) atoms. The molecule has 0 bridgehead atoms. The molecule has 0 atom stereocenters. The van der Waals surface area contributed by atoms with Crippen molar-refractivity contribution < 1.29 is 3.95 Å². The van der Waals surface area contributed by atoms with E-state index in [1.54, 1.807) is 22.4 Å². The molecule has 0 aliphatic heterocycles. The van der Waals surface area contributed by atoms with Gasteiger partial charge in [-0.3, -0.25) is 0 Å². The molecule has 1 aromatic heterocycles. The Morgan fingerprint density at radius 3 is 2.33 bits per heavy atom. The van der Waals surface area contributed by atoms with E-state index in [1.165, 1.54) is 0 Å². The van der Waals surface area contributed by atoms with Gasteiger partial charge in [0, 0.05) is 6.07 Å². The van der Waals surface area contributed by atoms with Crippen LogP contribution in [0, 0.1) is 0 Å². The van der Waals surface area contributed by atoms with Crippen molar-refractivity contribution >= 4 is 18.4 Å². The minimum atomic E-state index is 0.566. The number of benzene rings is 1. The van der Waals surface area contributed by atoms with Crippen molar-refractivity contribution in [2.45, 2.75) is 6.54 Å². The van der Waals surface area contributed by atoms with Gasteiger partial charge < -0.3 is 0 Å². The van der Waals surface area contributed by atoms with Gasteiger partial charge in [0.1, 0.15) is 31.4 Å². The molecule has 0 saturated carbocycles. The van der Waals surface area contributed by atoms with Crippen LogP contribution in [0.2, 0.25) is 0 Å². The summed E-state index contributed by atoms with van der Waals surface area (Å²) in [7, 11) is 0. The summed E-state index contributed by atoms with van der Waals surface area (Å²) in [4.78, 5) is 8.17. The zero-order valence-electron chi connectivity index (χ0n) is 8.08. The van der Waals surface area contributed by atoms with Crippen molar-refractivity contribution in [3.63, 3.8) is 0 Å². The summed E-state index contributed by atoms with van der Waals surface area (Å²) in [6.07, 6.45) is 3.37. The maximum atomic E-state index is 5.19. The molecule has 0 spiro atoms. The number of nitrogens with zero attached hydrogens (tertiary/aromatic N) is 3. The summed E-state index contributed by atoms with van der Waals surface area (Å²) in [6, 6.07) is 11.8. The molecule has 0 saturated heterocycles. The van der Waals surface area contributed by atoms with Crippen LogP contribution in [0.4, 0.5) is 5.95 Å². The molecule has 0 aliphatic carbocycles. The Balaban J connectivity index is 2.12. The number of hydrogen-bond acceptors (Lipinski definition) is 3. The molecule has 1 aromatic carbocycles. The van der Waals surface area contributed by atoms with E-state index in [4.69, 9.17) is 12.4 Å². The predicted molar refractivity (Wildman–Crippen MR) is 59.5 cm³/mol. The molecule has 0 fully saturated rings. The van der Waals surface area contributed by atoms with Crippen LogP contribution in [-0.4, -0.2) is 13.9 Å². The first-order valence-electron chi connectivity index (χ1n) is 4.62. The van der Waals surface area contributed by atoms with Crippen LogP contribution >= 0.6 is 0 Å². The second-order valence-corrected chi connectivity index (χ2v) is 3.51. The van der Waals surface area contributed by atoms with Crippen molar-refractivity contribution in [2.24, 2.45) is 0 Å². The van der Waals surface area contributed by atoms with E-state index >= 15 is 0 Å². The fourth-order valence-corrected chi connectivity index (χ4v) is 1.48. The standard InChI is InChI=1S/C11H10N3S/c15-14(11-12-7-4-8-13-11)9-10-5-2-1-3-6-10/h1-8H,9H2/q+1. The van der Waals surface area contributed by atoms with E-state index < -0.39 is 0 Å². The third-order valence-corrected chi connectivity index (χ3v) is 2.24. The summed E-state index contributed by atoms with van der Waals surface area (Å²) < 4.78 is 1.61. The highest BCUT2D eigenvalue weighted by Gasteiger charge is 2.10. The van der Waals surface area contributed by atoms with Crippen molar-refractivity contribution in [3.8, 4) is 0 Å². The first kappa shape index (κ1) is 9.86. The lowest BCUT2D eigenvalue weighted by Gasteiger charge is -1.98. The van der Waals surface area contributed by atoms with Gasteiger partial charge in [0.05, 0.1) is 0 Å². The number of rotatable bonds is 3. The summed E-state index contributed by atoms with van der Waals surface area (Å²) in [5, 5.41) is 0. The van der Waals surface area contributed by atoms with E-state index in [1.807, 2.05) is 30.3 Å². The molecule has 0 unspecified atom stereocenters. The Bertz CT molecular complexity index is 442. The summed E-state index contributed by atoms with van der Waals surface area (Å²) in [6.45, 7) is 0.639. The van der Waals surface area contributed by atoms with Crippen molar-refractivity contribution in [1.82, 2.24) is 9.97 Å². The lowest BCUT2D eigenvalue weighted by Crippen LogP contribution is -2.04. The molecule has 0 amide bonds. The Kier molecular flexibility index (Phi) is 3.09. The molecular formula is C11H10N3S+. The van der Waals surface area contributed by atoms with Gasteiger partial charge in [-0.05, 0) is 5.56 Å². The van der Waals surface area contributed by atoms with Crippen molar-refractivity contribution in [1.29, 1.82) is 0 Å². The highest BCUT2D eigenvalue weighted by Crippen LogP contribution is 2.06. The molecule has 0 N–H and O–H groups in total. The summed E-state index contributed by atoms with van der Waals surface area (Å²) >= 11 is 5.19. The fourth-order valence-electron chi connectivity index (χ4n) is 1.24. The van der Waals surface area contributed by atoms with Crippen molar-refractivity contribution in [3.05, 3.63) is 54.4 Å². The first-order chi connectivity index (χ1) is 7.36. The van der Waals surface area contributed by atoms with E-state index in [9.17, 15) is 0 Å². The fraction of sp³-hybridized carbons (Fsp3) is 0.0909. The Morgan fingerprint density at radius 2 is 1.67 bits per heavy atom. The Morgan fingerprint density at radius 1 is 1.00 bits per heavy atom. The molecule has 74 valence electrons. The minimum Gasteiger partial charge on any atom is -0.160 e. The van der Waals surface area contributed by atoms with Gasteiger partial charge in [0.15, 0.2) is 0 Å². The predicted octanol–water partition coefficient (Wildman–Crippen LogP) is 2.05. The summed E-state index contributed by atoms with van der Waals surface area (Å²) in [5.74, 6) is 0.566.